The van der Waals surface area contributed by atoms with Gasteiger partial charge in [0, 0.05) is 18.6 Å². The summed E-state index contributed by atoms with van der Waals surface area (Å²) in [6.45, 7) is 3.74. The van der Waals surface area contributed by atoms with Gasteiger partial charge in [0.15, 0.2) is 0 Å². The first kappa shape index (κ1) is 23.4. The second-order valence-corrected chi connectivity index (χ2v) is 7.86. The number of hydrogen-bond donors (Lipinski definition) is 1. The second-order valence-electron chi connectivity index (χ2n) is 7.86. The molecular weight excluding hydrogens is 406 g/mol. The summed E-state index contributed by atoms with van der Waals surface area (Å²) in [4.78, 5) is 29.8. The standard InChI is InChI=1S/C26H29NO5/c1-3-19(26(30)31-14-8-13-28)15-18(2)25(29)32-27-17-24-22-11-6-4-9-20(22)16-21-10-5-7-12-23(21)24/h4-7,9-12,16-19,28H,3,8,13-15H2,1-2H3/b27-17+. The number of rotatable bonds is 10. The summed E-state index contributed by atoms with van der Waals surface area (Å²) in [5.74, 6) is -1.76. The molecule has 1 N–H and O–H groups in total. The highest BCUT2D eigenvalue weighted by Crippen LogP contribution is 2.27. The molecule has 6 heteroatoms. The van der Waals surface area contributed by atoms with Gasteiger partial charge < -0.3 is 14.7 Å². The van der Waals surface area contributed by atoms with Crippen LogP contribution in [0.4, 0.5) is 0 Å². The molecule has 2 atom stereocenters. The lowest BCUT2D eigenvalue weighted by Crippen LogP contribution is -2.24. The van der Waals surface area contributed by atoms with Crippen molar-refractivity contribution in [1.29, 1.82) is 0 Å². The third-order valence-corrected chi connectivity index (χ3v) is 5.55. The number of carbonyl (C=O) groups is 2. The van der Waals surface area contributed by atoms with Crippen LogP contribution in [0.3, 0.4) is 0 Å². The molecule has 168 valence electrons. The summed E-state index contributed by atoms with van der Waals surface area (Å²) in [6.07, 6.45) is 2.86. The number of hydrogen-bond acceptors (Lipinski definition) is 6. The maximum atomic E-state index is 12.5. The molecule has 0 heterocycles. The van der Waals surface area contributed by atoms with Crippen LogP contribution in [0.1, 0.15) is 38.7 Å². The van der Waals surface area contributed by atoms with Crippen molar-refractivity contribution in [3.05, 3.63) is 60.2 Å². The van der Waals surface area contributed by atoms with E-state index in [-0.39, 0.29) is 19.2 Å². The lowest BCUT2D eigenvalue weighted by Gasteiger charge is -2.16. The molecule has 3 aromatic carbocycles. The van der Waals surface area contributed by atoms with Gasteiger partial charge in [0.05, 0.1) is 24.7 Å². The molecule has 3 aromatic rings. The largest absolute Gasteiger partial charge is 0.465 e. The summed E-state index contributed by atoms with van der Waals surface area (Å²) in [5.41, 5.74) is 0.887. The molecule has 0 aliphatic carbocycles. The van der Waals surface area contributed by atoms with E-state index >= 15 is 0 Å². The predicted octanol–water partition coefficient (Wildman–Crippen LogP) is 4.85. The first-order chi connectivity index (χ1) is 15.5. The van der Waals surface area contributed by atoms with E-state index in [2.05, 4.69) is 11.2 Å². The van der Waals surface area contributed by atoms with Crippen molar-refractivity contribution in [3.63, 3.8) is 0 Å². The summed E-state index contributed by atoms with van der Waals surface area (Å²) < 4.78 is 5.16. The lowest BCUT2D eigenvalue weighted by atomic mass is 9.94. The van der Waals surface area contributed by atoms with E-state index in [1.807, 2.05) is 55.5 Å². The van der Waals surface area contributed by atoms with E-state index in [4.69, 9.17) is 14.7 Å². The van der Waals surface area contributed by atoms with Gasteiger partial charge in [-0.05, 0) is 40.5 Å². The minimum absolute atomic E-state index is 0.0310. The molecule has 0 saturated heterocycles. The molecule has 0 aliphatic rings. The zero-order valence-corrected chi connectivity index (χ0v) is 18.5. The molecule has 0 spiro atoms. The average Bonchev–Trinajstić information content (AvgIpc) is 2.81. The average molecular weight is 436 g/mol. The Kier molecular flexibility index (Phi) is 8.34. The fraction of sp³-hybridized carbons (Fsp3) is 0.346. The zero-order chi connectivity index (χ0) is 22.9. The Morgan fingerprint density at radius 1 is 1.03 bits per heavy atom. The van der Waals surface area contributed by atoms with Crippen molar-refractivity contribution in [3.8, 4) is 0 Å². The molecule has 0 saturated carbocycles. The SMILES string of the molecule is CCC(CC(C)C(=O)O/N=C/c1c2ccccc2cc2ccccc12)C(=O)OCCCO. The van der Waals surface area contributed by atoms with E-state index in [1.54, 1.807) is 13.1 Å². The van der Waals surface area contributed by atoms with Gasteiger partial charge in [0.25, 0.3) is 0 Å². The highest BCUT2D eigenvalue weighted by atomic mass is 16.7. The van der Waals surface area contributed by atoms with Crippen LogP contribution in [0.5, 0.6) is 0 Å². The molecule has 0 radical (unpaired) electrons. The van der Waals surface area contributed by atoms with Gasteiger partial charge in [0.2, 0.25) is 0 Å². The Balaban J connectivity index is 1.69. The maximum Gasteiger partial charge on any atom is 0.337 e. The van der Waals surface area contributed by atoms with Crippen molar-refractivity contribution in [2.45, 2.75) is 33.1 Å². The third kappa shape index (κ3) is 5.71. The van der Waals surface area contributed by atoms with Gasteiger partial charge >= 0.3 is 11.9 Å². The van der Waals surface area contributed by atoms with E-state index in [0.717, 1.165) is 27.1 Å². The number of oxime groups is 1. The first-order valence-electron chi connectivity index (χ1n) is 11.0. The van der Waals surface area contributed by atoms with Crippen LogP contribution < -0.4 is 0 Å². The number of esters is 1. The third-order valence-electron chi connectivity index (χ3n) is 5.55. The quantitative estimate of drug-likeness (QED) is 0.123. The zero-order valence-electron chi connectivity index (χ0n) is 18.5. The van der Waals surface area contributed by atoms with Gasteiger partial charge in [0.1, 0.15) is 0 Å². The summed E-state index contributed by atoms with van der Waals surface area (Å²) in [6, 6.07) is 18.1. The number of fused-ring (bicyclic) bond motifs is 2. The molecule has 2 unspecified atom stereocenters. The topological polar surface area (TPSA) is 85.2 Å². The van der Waals surface area contributed by atoms with Crippen molar-refractivity contribution < 1.29 is 24.3 Å². The van der Waals surface area contributed by atoms with Crippen molar-refractivity contribution in [2.24, 2.45) is 17.0 Å². The van der Waals surface area contributed by atoms with Crippen LogP contribution in [-0.2, 0) is 19.2 Å². The van der Waals surface area contributed by atoms with Crippen LogP contribution >= 0.6 is 0 Å². The van der Waals surface area contributed by atoms with Gasteiger partial charge in [-0.1, -0.05) is 67.5 Å². The Morgan fingerprint density at radius 3 is 2.25 bits per heavy atom. The Bertz CT molecular complexity index is 1050. The number of aliphatic hydroxyl groups excluding tert-OH is 1. The van der Waals surface area contributed by atoms with Crippen molar-refractivity contribution >= 4 is 39.7 Å². The Morgan fingerprint density at radius 2 is 1.66 bits per heavy atom. The number of aliphatic hydroxyl groups is 1. The number of ether oxygens (including phenoxy) is 1. The van der Waals surface area contributed by atoms with Crippen molar-refractivity contribution in [2.75, 3.05) is 13.2 Å². The molecule has 32 heavy (non-hydrogen) atoms. The normalized spacial score (nSPS) is 13.3. The summed E-state index contributed by atoms with van der Waals surface area (Å²) in [5, 5.41) is 17.0. The van der Waals surface area contributed by atoms with Crippen LogP contribution in [0, 0.1) is 11.8 Å². The summed E-state index contributed by atoms with van der Waals surface area (Å²) in [7, 11) is 0. The van der Waals surface area contributed by atoms with E-state index in [1.165, 1.54) is 0 Å². The minimum atomic E-state index is -0.508. The van der Waals surface area contributed by atoms with Gasteiger partial charge in [-0.15, -0.1) is 0 Å². The predicted molar refractivity (Wildman–Crippen MR) is 125 cm³/mol. The number of benzene rings is 3. The van der Waals surface area contributed by atoms with Crippen molar-refractivity contribution in [1.82, 2.24) is 0 Å². The molecule has 0 fully saturated rings. The molecule has 3 rings (SSSR count). The maximum absolute atomic E-state index is 12.5. The number of carbonyl (C=O) groups excluding carboxylic acids is 2. The van der Waals surface area contributed by atoms with E-state index < -0.39 is 17.8 Å². The van der Waals surface area contributed by atoms with Crippen LogP contribution in [0.15, 0.2) is 59.8 Å². The van der Waals surface area contributed by atoms with Crippen LogP contribution in [0.2, 0.25) is 0 Å². The minimum Gasteiger partial charge on any atom is -0.465 e. The molecule has 0 bridgehead atoms. The number of nitrogens with zero attached hydrogens (tertiary/aromatic N) is 1. The fourth-order valence-corrected chi connectivity index (χ4v) is 3.72. The summed E-state index contributed by atoms with van der Waals surface area (Å²) >= 11 is 0. The van der Waals surface area contributed by atoms with E-state index in [0.29, 0.717) is 19.3 Å². The molecular formula is C26H29NO5. The highest BCUT2D eigenvalue weighted by molar-refractivity contribution is 6.13. The molecule has 0 aliphatic heterocycles. The Labute approximate surface area is 187 Å². The smallest absolute Gasteiger partial charge is 0.337 e. The van der Waals surface area contributed by atoms with Gasteiger partial charge in [-0.25, -0.2) is 4.79 Å². The monoisotopic (exact) mass is 435 g/mol. The first-order valence-corrected chi connectivity index (χ1v) is 11.0. The molecule has 0 aromatic heterocycles. The fourth-order valence-electron chi connectivity index (χ4n) is 3.72. The van der Waals surface area contributed by atoms with Crippen LogP contribution in [0.25, 0.3) is 21.5 Å². The van der Waals surface area contributed by atoms with Crippen LogP contribution in [-0.4, -0.2) is 36.5 Å². The van der Waals surface area contributed by atoms with Gasteiger partial charge in [-0.2, -0.15) is 0 Å². The van der Waals surface area contributed by atoms with Gasteiger partial charge in [-0.3, -0.25) is 4.79 Å². The molecule has 0 amide bonds. The highest BCUT2D eigenvalue weighted by Gasteiger charge is 2.25. The lowest BCUT2D eigenvalue weighted by molar-refractivity contribution is -0.152. The Hall–Kier alpha value is -3.25. The molecule has 6 nitrogen and oxygen atoms in total. The second kappa shape index (κ2) is 11.4. The van der Waals surface area contributed by atoms with E-state index in [9.17, 15) is 9.59 Å².